The highest BCUT2D eigenvalue weighted by molar-refractivity contribution is 9.12. The molecule has 0 aromatic rings. The van der Waals surface area contributed by atoms with E-state index in [0.29, 0.717) is 10.1 Å². The minimum atomic E-state index is -4.41. The molecule has 0 saturated heterocycles. The van der Waals surface area contributed by atoms with Gasteiger partial charge in [0.15, 0.2) is 6.10 Å². The third kappa shape index (κ3) is 2.68. The lowest BCUT2D eigenvalue weighted by Gasteiger charge is -2.16. The number of hydroxylamine groups is 2. The van der Waals surface area contributed by atoms with Crippen molar-refractivity contribution >= 4 is 21.6 Å². The third-order valence-electron chi connectivity index (χ3n) is 2.97. The van der Waals surface area contributed by atoms with Crippen LogP contribution < -0.4 is 0 Å². The average molecular weight is 361 g/mol. The molecule has 8 heteroatoms. The van der Waals surface area contributed by atoms with Crippen LogP contribution in [-0.2, 0) is 4.74 Å². The van der Waals surface area contributed by atoms with Crippen LogP contribution in [0.1, 0.15) is 0 Å². The number of ether oxygens (including phenoxy) is 1. The number of aliphatic imine (C=N–C) groups is 1. The van der Waals surface area contributed by atoms with Gasteiger partial charge in [-0.2, -0.15) is 13.2 Å². The van der Waals surface area contributed by atoms with E-state index in [4.69, 9.17) is 4.74 Å². The Morgan fingerprint density at radius 2 is 2.10 bits per heavy atom. The zero-order valence-electron chi connectivity index (χ0n) is 10.3. The first-order valence-electron chi connectivity index (χ1n) is 5.84. The molecule has 110 valence electrons. The van der Waals surface area contributed by atoms with Gasteiger partial charge in [-0.25, -0.2) is 10.1 Å². The highest BCUT2D eigenvalue weighted by atomic mass is 79.9. The number of nitrogens with zero attached hydrogens (tertiary/aromatic N) is 2. The minimum Gasteiger partial charge on any atom is -0.463 e. The topological polar surface area (TPSA) is 45.1 Å². The molecule has 1 unspecified atom stereocenters. The molecule has 1 atom stereocenters. The monoisotopic (exact) mass is 360 g/mol. The van der Waals surface area contributed by atoms with Gasteiger partial charge in [-0.05, 0) is 40.2 Å². The Kier molecular flexibility index (Phi) is 3.29. The van der Waals surface area contributed by atoms with Gasteiger partial charge in [0.2, 0.25) is 5.88 Å². The summed E-state index contributed by atoms with van der Waals surface area (Å²) in [7, 11) is 0. The van der Waals surface area contributed by atoms with Gasteiger partial charge in [-0.15, -0.1) is 0 Å². The van der Waals surface area contributed by atoms with Gasteiger partial charge >= 0.3 is 6.18 Å². The molecule has 0 bridgehead atoms. The van der Waals surface area contributed by atoms with Crippen LogP contribution in [0.15, 0.2) is 63.2 Å². The van der Waals surface area contributed by atoms with Gasteiger partial charge in [0, 0.05) is 16.9 Å². The maximum absolute atomic E-state index is 12.7. The van der Waals surface area contributed by atoms with Crippen molar-refractivity contribution in [1.82, 2.24) is 5.06 Å². The van der Waals surface area contributed by atoms with Gasteiger partial charge in [0.25, 0.3) is 0 Å². The van der Waals surface area contributed by atoms with Crippen molar-refractivity contribution in [3.63, 3.8) is 0 Å². The zero-order chi connectivity index (χ0) is 15.2. The molecule has 0 aromatic heterocycles. The molecule has 4 nitrogen and oxygen atoms in total. The first-order valence-corrected chi connectivity index (χ1v) is 6.63. The van der Waals surface area contributed by atoms with Crippen LogP contribution in [0.3, 0.4) is 0 Å². The number of hydrogen-bond acceptors (Lipinski definition) is 4. The molecule has 0 amide bonds. The number of alkyl halides is 3. The molecular formula is C13H8BrF3N2O2. The Labute approximate surface area is 126 Å². The third-order valence-corrected chi connectivity index (χ3v) is 3.60. The van der Waals surface area contributed by atoms with Crippen molar-refractivity contribution in [3.8, 4) is 0 Å². The Hall–Kier alpha value is -1.80. The summed E-state index contributed by atoms with van der Waals surface area (Å²) in [6.07, 6.45) is 2.51. The molecule has 0 fully saturated rings. The summed E-state index contributed by atoms with van der Waals surface area (Å²) in [5.74, 6) is 0.201. The molecule has 3 rings (SSSR count). The summed E-state index contributed by atoms with van der Waals surface area (Å²) >= 11 is 3.24. The van der Waals surface area contributed by atoms with Crippen molar-refractivity contribution in [2.24, 2.45) is 4.99 Å². The highest BCUT2D eigenvalue weighted by Crippen LogP contribution is 2.35. The van der Waals surface area contributed by atoms with Crippen molar-refractivity contribution in [1.29, 1.82) is 0 Å². The minimum absolute atomic E-state index is 0.201. The average Bonchev–Trinajstić information content (AvgIpc) is 2.79. The van der Waals surface area contributed by atoms with Gasteiger partial charge < -0.3 is 4.74 Å². The van der Waals surface area contributed by atoms with Gasteiger partial charge in [-0.1, -0.05) is 0 Å². The van der Waals surface area contributed by atoms with Gasteiger partial charge in [-0.3, -0.25) is 5.21 Å². The summed E-state index contributed by atoms with van der Waals surface area (Å²) in [6.45, 7) is 0. The molecule has 1 N–H and O–H groups in total. The largest absolute Gasteiger partial charge is 0.463 e. The molecule has 2 heterocycles. The number of hydrogen-bond donors (Lipinski definition) is 1. The molecule has 1 aliphatic carbocycles. The van der Waals surface area contributed by atoms with E-state index >= 15 is 0 Å². The lowest BCUT2D eigenvalue weighted by atomic mass is 10.0. The predicted octanol–water partition coefficient (Wildman–Crippen LogP) is 3.55. The van der Waals surface area contributed by atoms with E-state index in [2.05, 4.69) is 20.9 Å². The Balaban J connectivity index is 1.97. The summed E-state index contributed by atoms with van der Waals surface area (Å²) in [4.78, 5) is 4.10. The second kappa shape index (κ2) is 4.88. The number of rotatable bonds is 0. The molecule has 3 aliphatic rings. The maximum Gasteiger partial charge on any atom is 0.416 e. The van der Waals surface area contributed by atoms with E-state index in [1.807, 2.05) is 0 Å². The van der Waals surface area contributed by atoms with E-state index in [1.165, 1.54) is 18.5 Å². The Morgan fingerprint density at radius 1 is 1.33 bits per heavy atom. The van der Waals surface area contributed by atoms with Crippen LogP contribution in [0.5, 0.6) is 0 Å². The molecule has 0 spiro atoms. The van der Waals surface area contributed by atoms with E-state index in [0.717, 1.165) is 17.2 Å². The van der Waals surface area contributed by atoms with E-state index < -0.39 is 17.9 Å². The highest BCUT2D eigenvalue weighted by Gasteiger charge is 2.37. The molecule has 21 heavy (non-hydrogen) atoms. The van der Waals surface area contributed by atoms with Crippen LogP contribution in [-0.4, -0.2) is 28.3 Å². The number of fused-ring (bicyclic) bond motifs is 1. The fourth-order valence-electron chi connectivity index (χ4n) is 1.97. The molecule has 0 radical (unpaired) electrons. The number of halogens is 4. The van der Waals surface area contributed by atoms with Crippen molar-refractivity contribution in [3.05, 3.63) is 58.2 Å². The Morgan fingerprint density at radius 3 is 2.76 bits per heavy atom. The second-order valence-corrected chi connectivity index (χ2v) is 5.28. The maximum atomic E-state index is 12.7. The lowest BCUT2D eigenvalue weighted by molar-refractivity contribution is -0.0882. The smallest absolute Gasteiger partial charge is 0.416 e. The standard InChI is InChI=1S/C13H8BrF3N2O2/c14-9-6-19(20)4-3-8(9)12-18-10-5-7(13(15,16)17)1-2-11(10)21-12/h1-6,11,20H. The fourth-order valence-corrected chi connectivity index (χ4v) is 2.48. The first-order chi connectivity index (χ1) is 9.84. The normalized spacial score (nSPS) is 28.0. The summed E-state index contributed by atoms with van der Waals surface area (Å²) in [6, 6.07) is 0. The van der Waals surface area contributed by atoms with Crippen LogP contribution in [0.25, 0.3) is 0 Å². The van der Waals surface area contributed by atoms with Gasteiger partial charge in [0.1, 0.15) is 0 Å². The summed E-state index contributed by atoms with van der Waals surface area (Å²) in [5.41, 5.74) is -0.0207. The van der Waals surface area contributed by atoms with E-state index in [-0.39, 0.29) is 11.6 Å². The second-order valence-electron chi connectivity index (χ2n) is 4.42. The summed E-state index contributed by atoms with van der Waals surface area (Å²) < 4.78 is 44.0. The molecule has 0 saturated carbocycles. The summed E-state index contributed by atoms with van der Waals surface area (Å²) in [5, 5.41) is 10.1. The zero-order valence-corrected chi connectivity index (χ0v) is 11.9. The van der Waals surface area contributed by atoms with Crippen LogP contribution in [0.4, 0.5) is 13.2 Å². The lowest BCUT2D eigenvalue weighted by Crippen LogP contribution is -2.21. The predicted molar refractivity (Wildman–Crippen MR) is 72.4 cm³/mol. The van der Waals surface area contributed by atoms with Crippen molar-refractivity contribution < 1.29 is 23.1 Å². The molecule has 0 aromatic carbocycles. The van der Waals surface area contributed by atoms with Crippen molar-refractivity contribution in [2.75, 3.05) is 0 Å². The first kappa shape index (κ1) is 14.2. The van der Waals surface area contributed by atoms with Crippen LogP contribution in [0.2, 0.25) is 0 Å². The van der Waals surface area contributed by atoms with Gasteiger partial charge in [0.05, 0.1) is 16.9 Å². The van der Waals surface area contributed by atoms with E-state index in [1.54, 1.807) is 6.08 Å². The number of allylic oxidation sites excluding steroid dienone is 5. The Bertz CT molecular complexity index is 671. The fraction of sp³-hybridized carbons (Fsp3) is 0.154. The quantitative estimate of drug-likeness (QED) is 0.718. The molecular weight excluding hydrogens is 353 g/mol. The SMILES string of the molecule is ON1C=CC(=C2N=C3C=C(C(F)(F)F)C=CC3O2)C(Br)=C1. The van der Waals surface area contributed by atoms with Crippen LogP contribution in [0, 0.1) is 0 Å². The van der Waals surface area contributed by atoms with Crippen molar-refractivity contribution in [2.45, 2.75) is 12.3 Å². The van der Waals surface area contributed by atoms with Crippen LogP contribution >= 0.6 is 15.9 Å². The van der Waals surface area contributed by atoms with E-state index in [9.17, 15) is 18.4 Å². The molecule has 2 aliphatic heterocycles.